The summed E-state index contributed by atoms with van der Waals surface area (Å²) in [5.74, 6) is 3.01. The van der Waals surface area contributed by atoms with E-state index in [2.05, 4.69) is 5.92 Å². The average molecular weight is 430 g/mol. The van der Waals surface area contributed by atoms with Gasteiger partial charge in [0.25, 0.3) is 11.1 Å². The number of hydrogen-bond donors (Lipinski definition) is 0. The Labute approximate surface area is 177 Å². The number of carbonyl (C=O) groups is 2. The number of methoxy groups -OCH3 is 2. The van der Waals surface area contributed by atoms with Crippen LogP contribution in [0.5, 0.6) is 17.2 Å². The summed E-state index contributed by atoms with van der Waals surface area (Å²) in [7, 11) is 2.94. The minimum absolute atomic E-state index is 0.0349. The molecule has 0 bridgehead atoms. The summed E-state index contributed by atoms with van der Waals surface area (Å²) in [5, 5.41) is -0.146. The lowest BCUT2D eigenvalue weighted by molar-refractivity contribution is -0.113. The molecule has 148 valence electrons. The van der Waals surface area contributed by atoms with Crippen LogP contribution in [0.4, 0.5) is 10.5 Å². The molecular weight excluding hydrogens is 414 g/mol. The molecule has 2 aromatic rings. The van der Waals surface area contributed by atoms with Gasteiger partial charge in [0.2, 0.25) is 0 Å². The zero-order chi connectivity index (χ0) is 21.0. The second kappa shape index (κ2) is 8.95. The number of amides is 2. The number of carbonyl (C=O) groups excluding carboxylic acids is 2. The molecule has 1 fully saturated rings. The first-order valence-corrected chi connectivity index (χ1v) is 9.54. The van der Waals surface area contributed by atoms with E-state index >= 15 is 0 Å². The topological polar surface area (TPSA) is 65.1 Å². The Bertz CT molecular complexity index is 1040. The molecule has 0 saturated carbocycles. The predicted molar refractivity (Wildman–Crippen MR) is 114 cm³/mol. The van der Waals surface area contributed by atoms with Gasteiger partial charge in [-0.15, -0.1) is 6.42 Å². The third kappa shape index (κ3) is 4.19. The second-order valence-corrected chi connectivity index (χ2v) is 7.12. The van der Waals surface area contributed by atoms with E-state index in [1.54, 1.807) is 42.5 Å². The molecule has 3 rings (SSSR count). The molecule has 0 unspecified atom stereocenters. The molecule has 0 atom stereocenters. The highest BCUT2D eigenvalue weighted by atomic mass is 35.5. The summed E-state index contributed by atoms with van der Waals surface area (Å²) in [6.45, 7) is 0.0349. The molecule has 1 saturated heterocycles. The maximum Gasteiger partial charge on any atom is 0.298 e. The number of thioether (sulfide) groups is 1. The fraction of sp³-hybridized carbons (Fsp3) is 0.143. The first-order chi connectivity index (χ1) is 14.0. The van der Waals surface area contributed by atoms with Gasteiger partial charge in [-0.2, -0.15) is 0 Å². The summed E-state index contributed by atoms with van der Waals surface area (Å²) in [4.78, 5) is 26.7. The fourth-order valence-electron chi connectivity index (χ4n) is 2.72. The molecule has 1 aliphatic rings. The first kappa shape index (κ1) is 20.6. The highest BCUT2D eigenvalue weighted by Crippen LogP contribution is 2.41. The molecular formula is C21H16ClNO5S. The van der Waals surface area contributed by atoms with Crippen LogP contribution in [0.15, 0.2) is 41.3 Å². The third-order valence-corrected chi connectivity index (χ3v) is 5.12. The van der Waals surface area contributed by atoms with Crippen molar-refractivity contribution in [2.45, 2.75) is 0 Å². The minimum atomic E-state index is -0.452. The fourth-order valence-corrected chi connectivity index (χ4v) is 3.83. The lowest BCUT2D eigenvalue weighted by atomic mass is 10.1. The third-order valence-electron chi connectivity index (χ3n) is 3.97. The van der Waals surface area contributed by atoms with Gasteiger partial charge in [0, 0.05) is 0 Å². The quantitative estimate of drug-likeness (QED) is 0.493. The molecule has 0 aromatic heterocycles. The number of benzene rings is 2. The van der Waals surface area contributed by atoms with Crippen LogP contribution in [0.3, 0.4) is 0 Å². The van der Waals surface area contributed by atoms with E-state index in [0.717, 1.165) is 16.7 Å². The molecule has 2 amide bonds. The van der Waals surface area contributed by atoms with E-state index in [-0.39, 0.29) is 16.5 Å². The van der Waals surface area contributed by atoms with E-state index in [9.17, 15) is 9.59 Å². The van der Waals surface area contributed by atoms with Crippen molar-refractivity contribution in [3.05, 3.63) is 51.9 Å². The van der Waals surface area contributed by atoms with Crippen LogP contribution >= 0.6 is 23.4 Å². The van der Waals surface area contributed by atoms with Crippen LogP contribution in [0, 0.1) is 12.3 Å². The number of rotatable bonds is 6. The molecule has 0 aliphatic carbocycles. The van der Waals surface area contributed by atoms with Crippen LogP contribution in [-0.4, -0.2) is 32.0 Å². The zero-order valence-electron chi connectivity index (χ0n) is 15.6. The van der Waals surface area contributed by atoms with Crippen LogP contribution in [0.25, 0.3) is 6.08 Å². The standard InChI is InChI=1S/C21H16ClNO5S/c1-4-9-28-19-14(22)10-13(11-17(19)27-3)12-18-20(24)23(21(25)29-18)15-7-5-6-8-16(15)26-2/h1,5-8,10-12H,9H2,2-3H3. The zero-order valence-corrected chi connectivity index (χ0v) is 17.2. The van der Waals surface area contributed by atoms with Crippen molar-refractivity contribution >= 4 is 46.3 Å². The van der Waals surface area contributed by atoms with Crippen molar-refractivity contribution in [3.63, 3.8) is 0 Å². The van der Waals surface area contributed by atoms with Crippen LogP contribution in [0.1, 0.15) is 5.56 Å². The molecule has 0 N–H and O–H groups in total. The van der Waals surface area contributed by atoms with Gasteiger partial charge in [-0.25, -0.2) is 4.90 Å². The highest BCUT2D eigenvalue weighted by Gasteiger charge is 2.37. The van der Waals surface area contributed by atoms with Crippen LogP contribution in [-0.2, 0) is 4.79 Å². The largest absolute Gasteiger partial charge is 0.495 e. The Balaban J connectivity index is 1.96. The van der Waals surface area contributed by atoms with E-state index in [1.807, 2.05) is 0 Å². The summed E-state index contributed by atoms with van der Waals surface area (Å²) < 4.78 is 16.0. The number of anilines is 1. The Morgan fingerprint density at radius 3 is 2.59 bits per heavy atom. The van der Waals surface area contributed by atoms with Gasteiger partial charge >= 0.3 is 0 Å². The Hall–Kier alpha value is -3.08. The minimum Gasteiger partial charge on any atom is -0.495 e. The lowest BCUT2D eigenvalue weighted by Gasteiger charge is -2.15. The average Bonchev–Trinajstić information content (AvgIpc) is 2.99. The highest BCUT2D eigenvalue weighted by molar-refractivity contribution is 8.19. The number of halogens is 1. The number of imide groups is 1. The predicted octanol–water partition coefficient (Wildman–Crippen LogP) is 4.61. The number of hydrogen-bond acceptors (Lipinski definition) is 6. The van der Waals surface area contributed by atoms with Crippen molar-refractivity contribution in [3.8, 4) is 29.6 Å². The maximum absolute atomic E-state index is 12.9. The summed E-state index contributed by atoms with van der Waals surface area (Å²) in [5.41, 5.74) is 0.958. The smallest absolute Gasteiger partial charge is 0.298 e. The summed E-state index contributed by atoms with van der Waals surface area (Å²) in [6, 6.07) is 10.1. The molecule has 0 spiro atoms. The van der Waals surface area contributed by atoms with Gasteiger partial charge in [-0.3, -0.25) is 9.59 Å². The number of ether oxygens (including phenoxy) is 3. The first-order valence-electron chi connectivity index (χ1n) is 8.35. The van der Waals surface area contributed by atoms with Crippen molar-refractivity contribution in [1.82, 2.24) is 0 Å². The normalized spacial score (nSPS) is 14.8. The molecule has 8 heteroatoms. The van der Waals surface area contributed by atoms with Gasteiger partial charge in [-0.1, -0.05) is 29.7 Å². The summed E-state index contributed by atoms with van der Waals surface area (Å²) >= 11 is 7.10. The van der Waals surface area contributed by atoms with Gasteiger partial charge in [0.15, 0.2) is 11.5 Å². The Morgan fingerprint density at radius 1 is 1.17 bits per heavy atom. The van der Waals surface area contributed by atoms with Gasteiger partial charge in [-0.05, 0) is 47.7 Å². The van der Waals surface area contributed by atoms with E-state index in [0.29, 0.717) is 28.5 Å². The van der Waals surface area contributed by atoms with Gasteiger partial charge < -0.3 is 14.2 Å². The molecule has 1 heterocycles. The molecule has 1 aliphatic heterocycles. The molecule has 2 aromatic carbocycles. The van der Waals surface area contributed by atoms with E-state index in [1.165, 1.54) is 14.2 Å². The number of terminal acetylenes is 1. The maximum atomic E-state index is 12.9. The van der Waals surface area contributed by atoms with Gasteiger partial charge in [0.05, 0.1) is 29.8 Å². The van der Waals surface area contributed by atoms with Crippen molar-refractivity contribution in [2.24, 2.45) is 0 Å². The molecule has 29 heavy (non-hydrogen) atoms. The Kier molecular flexibility index (Phi) is 6.37. The van der Waals surface area contributed by atoms with Crippen molar-refractivity contribution < 1.29 is 23.8 Å². The van der Waals surface area contributed by atoms with Crippen molar-refractivity contribution in [2.75, 3.05) is 25.7 Å². The summed E-state index contributed by atoms with van der Waals surface area (Å²) in [6.07, 6.45) is 6.78. The van der Waals surface area contributed by atoms with Crippen molar-refractivity contribution in [1.29, 1.82) is 0 Å². The second-order valence-electron chi connectivity index (χ2n) is 5.72. The van der Waals surface area contributed by atoms with Crippen LogP contribution in [0.2, 0.25) is 5.02 Å². The monoisotopic (exact) mass is 429 g/mol. The SMILES string of the molecule is C#CCOc1c(Cl)cc(C=C2SC(=O)N(c3ccccc3OC)C2=O)cc1OC. The molecule has 6 nitrogen and oxygen atoms in total. The van der Waals surface area contributed by atoms with E-state index < -0.39 is 11.1 Å². The lowest BCUT2D eigenvalue weighted by Crippen LogP contribution is -2.28. The van der Waals surface area contributed by atoms with E-state index in [4.69, 9.17) is 32.2 Å². The van der Waals surface area contributed by atoms with Gasteiger partial charge in [0.1, 0.15) is 12.4 Å². The Morgan fingerprint density at radius 2 is 1.90 bits per heavy atom. The number of para-hydroxylation sites is 2. The van der Waals surface area contributed by atoms with Crippen LogP contribution < -0.4 is 19.1 Å². The molecule has 0 radical (unpaired) electrons. The number of nitrogens with zero attached hydrogens (tertiary/aromatic N) is 1.